The first kappa shape index (κ1) is 18.3. The van der Waals surface area contributed by atoms with Gasteiger partial charge in [-0.25, -0.2) is 4.98 Å². The summed E-state index contributed by atoms with van der Waals surface area (Å²) < 4.78 is 9.30. The zero-order chi connectivity index (χ0) is 19.7. The van der Waals surface area contributed by atoms with Gasteiger partial charge in [-0.05, 0) is 42.6 Å². The lowest BCUT2D eigenvalue weighted by Gasteiger charge is -2.14. The van der Waals surface area contributed by atoms with E-state index in [2.05, 4.69) is 20.9 Å². The number of carbonyl (C=O) groups excluding carboxylic acids is 1. The first-order valence-electron chi connectivity index (χ1n) is 9.38. The van der Waals surface area contributed by atoms with E-state index in [1.165, 1.54) is 0 Å². The lowest BCUT2D eigenvalue weighted by molar-refractivity contribution is 0.0938. The molecule has 4 rings (SSSR count). The van der Waals surface area contributed by atoms with E-state index in [4.69, 9.17) is 4.74 Å². The van der Waals surface area contributed by atoms with Gasteiger partial charge in [0, 0.05) is 38.0 Å². The number of rotatable bonds is 6. The average Bonchev–Trinajstić information content (AvgIpc) is 3.27. The second-order valence-electron chi connectivity index (χ2n) is 6.99. The predicted octanol–water partition coefficient (Wildman–Crippen LogP) is 3.67. The number of nitrogens with one attached hydrogen (secondary N) is 1. The Hall–Kier alpha value is -3.12. The number of benzene rings is 2. The third-order valence-corrected chi connectivity index (χ3v) is 5.13. The fourth-order valence-electron chi connectivity index (χ4n) is 3.61. The third kappa shape index (κ3) is 3.27. The van der Waals surface area contributed by atoms with Crippen molar-refractivity contribution in [1.82, 2.24) is 19.4 Å². The van der Waals surface area contributed by atoms with Gasteiger partial charge >= 0.3 is 0 Å². The summed E-state index contributed by atoms with van der Waals surface area (Å²) in [5.41, 5.74) is 3.64. The molecule has 0 fully saturated rings. The number of nitrogens with zero attached hydrogens (tertiary/aromatic N) is 3. The molecule has 2 aromatic carbocycles. The molecule has 0 aliphatic heterocycles. The minimum Gasteiger partial charge on any atom is -0.383 e. The Morgan fingerprint density at radius 1 is 1.18 bits per heavy atom. The summed E-state index contributed by atoms with van der Waals surface area (Å²) in [6.45, 7) is 3.34. The molecule has 1 N–H and O–H groups in total. The molecule has 1 unspecified atom stereocenters. The van der Waals surface area contributed by atoms with Gasteiger partial charge in [0.2, 0.25) is 0 Å². The molecule has 0 aliphatic rings. The van der Waals surface area contributed by atoms with Crippen LogP contribution >= 0.6 is 0 Å². The molecule has 4 aromatic rings. The van der Waals surface area contributed by atoms with E-state index in [-0.39, 0.29) is 11.9 Å². The SMILES string of the molecule is COCCn1ccc2ccc(C(=O)NC(C)c3nc4ccccc4n3C)cc21. The summed E-state index contributed by atoms with van der Waals surface area (Å²) in [6, 6.07) is 15.6. The lowest BCUT2D eigenvalue weighted by Crippen LogP contribution is -2.28. The van der Waals surface area contributed by atoms with Gasteiger partial charge in [-0.3, -0.25) is 4.79 Å². The Morgan fingerprint density at radius 2 is 2.00 bits per heavy atom. The number of methoxy groups -OCH3 is 1. The Labute approximate surface area is 163 Å². The average molecular weight is 376 g/mol. The van der Waals surface area contributed by atoms with Crippen LogP contribution in [0.25, 0.3) is 21.9 Å². The summed E-state index contributed by atoms with van der Waals surface area (Å²) >= 11 is 0. The van der Waals surface area contributed by atoms with Gasteiger partial charge in [0.15, 0.2) is 0 Å². The molecule has 0 bridgehead atoms. The summed E-state index contributed by atoms with van der Waals surface area (Å²) in [6.07, 6.45) is 2.02. The molecule has 1 amide bonds. The largest absolute Gasteiger partial charge is 0.383 e. The smallest absolute Gasteiger partial charge is 0.251 e. The Bertz CT molecular complexity index is 1140. The van der Waals surface area contributed by atoms with Crippen molar-refractivity contribution in [3.63, 3.8) is 0 Å². The molecule has 1 atom stereocenters. The Morgan fingerprint density at radius 3 is 2.79 bits per heavy atom. The highest BCUT2D eigenvalue weighted by molar-refractivity contribution is 5.98. The molecule has 6 heteroatoms. The predicted molar refractivity (Wildman–Crippen MR) is 110 cm³/mol. The van der Waals surface area contributed by atoms with E-state index in [0.717, 1.165) is 34.3 Å². The number of para-hydroxylation sites is 2. The highest BCUT2D eigenvalue weighted by Gasteiger charge is 2.18. The normalized spacial score (nSPS) is 12.5. The van der Waals surface area contributed by atoms with E-state index in [1.54, 1.807) is 7.11 Å². The summed E-state index contributed by atoms with van der Waals surface area (Å²) in [7, 11) is 3.66. The highest BCUT2D eigenvalue weighted by Crippen LogP contribution is 2.21. The molecule has 0 aliphatic carbocycles. The summed E-state index contributed by atoms with van der Waals surface area (Å²) in [4.78, 5) is 17.5. The lowest BCUT2D eigenvalue weighted by atomic mass is 10.1. The van der Waals surface area contributed by atoms with Crippen molar-refractivity contribution in [3.05, 3.63) is 66.1 Å². The van der Waals surface area contributed by atoms with E-state index in [1.807, 2.05) is 67.2 Å². The minimum absolute atomic E-state index is 0.110. The third-order valence-electron chi connectivity index (χ3n) is 5.13. The first-order chi connectivity index (χ1) is 13.6. The number of imidazole rings is 1. The molecule has 2 aromatic heterocycles. The van der Waals surface area contributed by atoms with Gasteiger partial charge in [0.25, 0.3) is 5.91 Å². The number of amides is 1. The molecule has 0 radical (unpaired) electrons. The van der Waals surface area contributed by atoms with E-state index in [9.17, 15) is 4.79 Å². The number of hydrogen-bond donors (Lipinski definition) is 1. The number of fused-ring (bicyclic) bond motifs is 2. The Balaban J connectivity index is 1.57. The van der Waals surface area contributed by atoms with Crippen LogP contribution in [0.5, 0.6) is 0 Å². The number of aromatic nitrogens is 3. The van der Waals surface area contributed by atoms with E-state index in [0.29, 0.717) is 12.2 Å². The van der Waals surface area contributed by atoms with E-state index < -0.39 is 0 Å². The maximum absolute atomic E-state index is 12.9. The zero-order valence-corrected chi connectivity index (χ0v) is 16.3. The Kier molecular flexibility index (Phi) is 4.88. The number of hydrogen-bond acceptors (Lipinski definition) is 3. The summed E-state index contributed by atoms with van der Waals surface area (Å²) in [5, 5.41) is 4.19. The molecular weight excluding hydrogens is 352 g/mol. The fraction of sp³-hybridized carbons (Fsp3) is 0.273. The van der Waals surface area contributed by atoms with Crippen molar-refractivity contribution in [2.45, 2.75) is 19.5 Å². The van der Waals surface area contributed by atoms with Crippen LogP contribution in [0.4, 0.5) is 0 Å². The van der Waals surface area contributed by atoms with Crippen LogP contribution in [-0.4, -0.2) is 33.7 Å². The van der Waals surface area contributed by atoms with Crippen molar-refractivity contribution in [2.75, 3.05) is 13.7 Å². The van der Waals surface area contributed by atoms with Crippen LogP contribution in [-0.2, 0) is 18.3 Å². The summed E-state index contributed by atoms with van der Waals surface area (Å²) in [5.74, 6) is 0.722. The molecule has 0 spiro atoms. The number of carbonyl (C=O) groups is 1. The zero-order valence-electron chi connectivity index (χ0n) is 16.3. The second kappa shape index (κ2) is 7.48. The second-order valence-corrected chi connectivity index (χ2v) is 6.99. The van der Waals surface area contributed by atoms with Gasteiger partial charge in [-0.15, -0.1) is 0 Å². The number of ether oxygens (including phenoxy) is 1. The maximum atomic E-state index is 12.9. The number of aryl methyl sites for hydroxylation is 1. The van der Waals surface area contributed by atoms with Crippen molar-refractivity contribution in [2.24, 2.45) is 7.05 Å². The van der Waals surface area contributed by atoms with Gasteiger partial charge in [-0.2, -0.15) is 0 Å². The van der Waals surface area contributed by atoms with Crippen LogP contribution in [0, 0.1) is 0 Å². The monoisotopic (exact) mass is 376 g/mol. The molecule has 0 saturated carbocycles. The van der Waals surface area contributed by atoms with E-state index >= 15 is 0 Å². The highest BCUT2D eigenvalue weighted by atomic mass is 16.5. The quantitative estimate of drug-likeness (QED) is 0.559. The van der Waals surface area contributed by atoms with Crippen LogP contribution < -0.4 is 5.32 Å². The standard InChI is InChI=1S/C22H24N4O2/c1-15(21-24-18-6-4-5-7-19(18)25(21)2)23-22(27)17-9-8-16-10-11-26(12-13-28-3)20(16)14-17/h4-11,14-15H,12-13H2,1-3H3,(H,23,27). The van der Waals surface area contributed by atoms with Crippen molar-refractivity contribution >= 4 is 27.8 Å². The van der Waals surface area contributed by atoms with Gasteiger partial charge < -0.3 is 19.2 Å². The molecule has 0 saturated heterocycles. The van der Waals surface area contributed by atoms with Crippen LogP contribution in [0.3, 0.4) is 0 Å². The van der Waals surface area contributed by atoms with Gasteiger partial charge in [0.1, 0.15) is 5.82 Å². The topological polar surface area (TPSA) is 61.1 Å². The van der Waals surface area contributed by atoms with Crippen LogP contribution in [0.2, 0.25) is 0 Å². The molecular formula is C22H24N4O2. The minimum atomic E-state index is -0.208. The molecule has 144 valence electrons. The molecule has 28 heavy (non-hydrogen) atoms. The fourth-order valence-corrected chi connectivity index (χ4v) is 3.61. The van der Waals surface area contributed by atoms with Gasteiger partial charge in [0.05, 0.1) is 23.7 Å². The van der Waals surface area contributed by atoms with Crippen LogP contribution in [0.1, 0.15) is 29.1 Å². The van der Waals surface area contributed by atoms with Crippen molar-refractivity contribution < 1.29 is 9.53 Å². The molecule has 2 heterocycles. The first-order valence-corrected chi connectivity index (χ1v) is 9.38. The van der Waals surface area contributed by atoms with Crippen molar-refractivity contribution in [1.29, 1.82) is 0 Å². The molecule has 6 nitrogen and oxygen atoms in total. The maximum Gasteiger partial charge on any atom is 0.251 e. The van der Waals surface area contributed by atoms with Crippen LogP contribution in [0.15, 0.2) is 54.7 Å². The van der Waals surface area contributed by atoms with Gasteiger partial charge in [-0.1, -0.05) is 18.2 Å². The van der Waals surface area contributed by atoms with Crippen molar-refractivity contribution in [3.8, 4) is 0 Å².